The van der Waals surface area contributed by atoms with Crippen LogP contribution in [0.1, 0.15) is 18.5 Å². The number of halogens is 2. The molecule has 1 aromatic rings. The number of benzene rings is 1. The third kappa shape index (κ3) is 3.92. The normalized spacial score (nSPS) is 11.9. The van der Waals surface area contributed by atoms with Crippen LogP contribution in [0.5, 0.6) is 0 Å². The van der Waals surface area contributed by atoms with E-state index in [1.165, 1.54) is 12.1 Å². The highest BCUT2D eigenvalue weighted by atomic mass is 19.2. The lowest BCUT2D eigenvalue weighted by molar-refractivity contribution is -0.120. The number of carbonyl (C=O) groups excluding carboxylic acids is 1. The highest BCUT2D eigenvalue weighted by Crippen LogP contribution is 2.18. The van der Waals surface area contributed by atoms with Crippen LogP contribution in [0, 0.1) is 11.6 Å². The molecular formula is C13H16F2N2O. The topological polar surface area (TPSA) is 41.1 Å². The number of carbonyl (C=O) groups is 1. The Morgan fingerprint density at radius 3 is 2.89 bits per heavy atom. The van der Waals surface area contributed by atoms with Gasteiger partial charge in [-0.2, -0.15) is 0 Å². The minimum Gasteiger partial charge on any atom is -0.352 e. The van der Waals surface area contributed by atoms with Crippen molar-refractivity contribution in [2.24, 2.45) is 0 Å². The van der Waals surface area contributed by atoms with Crippen LogP contribution in [0.4, 0.5) is 8.78 Å². The average Bonchev–Trinajstić information content (AvgIpc) is 2.36. The van der Waals surface area contributed by atoms with Crippen LogP contribution in [0.15, 0.2) is 30.9 Å². The maximum atomic E-state index is 13.5. The summed E-state index contributed by atoms with van der Waals surface area (Å²) >= 11 is 0. The van der Waals surface area contributed by atoms with Crippen LogP contribution in [-0.4, -0.2) is 19.0 Å². The minimum atomic E-state index is -0.891. The zero-order chi connectivity index (χ0) is 13.5. The number of hydrogen-bond acceptors (Lipinski definition) is 2. The summed E-state index contributed by atoms with van der Waals surface area (Å²) in [5, 5.41) is 5.40. The van der Waals surface area contributed by atoms with Gasteiger partial charge in [-0.15, -0.1) is 6.58 Å². The van der Waals surface area contributed by atoms with Crippen molar-refractivity contribution in [3.8, 4) is 0 Å². The molecule has 1 aromatic carbocycles. The van der Waals surface area contributed by atoms with E-state index in [9.17, 15) is 13.6 Å². The fourth-order valence-corrected chi connectivity index (χ4v) is 1.46. The molecule has 5 heteroatoms. The van der Waals surface area contributed by atoms with Gasteiger partial charge in [0.05, 0.1) is 6.54 Å². The molecular weight excluding hydrogens is 238 g/mol. The first-order chi connectivity index (χ1) is 8.56. The Hall–Kier alpha value is -1.75. The fourth-order valence-electron chi connectivity index (χ4n) is 1.46. The SMILES string of the molecule is C=CCNC(=O)CNC(C)c1cccc(F)c1F. The highest BCUT2D eigenvalue weighted by molar-refractivity contribution is 5.78. The third-order valence-electron chi connectivity index (χ3n) is 2.46. The lowest BCUT2D eigenvalue weighted by Crippen LogP contribution is -2.35. The molecule has 0 saturated carbocycles. The Balaban J connectivity index is 2.55. The second-order valence-electron chi connectivity index (χ2n) is 3.84. The van der Waals surface area contributed by atoms with Crippen LogP contribution in [0.3, 0.4) is 0 Å². The molecule has 0 aromatic heterocycles. The molecule has 0 fully saturated rings. The van der Waals surface area contributed by atoms with Crippen molar-refractivity contribution in [2.75, 3.05) is 13.1 Å². The summed E-state index contributed by atoms with van der Waals surface area (Å²) in [5.41, 5.74) is 0.200. The second-order valence-corrected chi connectivity index (χ2v) is 3.84. The lowest BCUT2D eigenvalue weighted by Gasteiger charge is -2.14. The molecule has 0 aliphatic rings. The second kappa shape index (κ2) is 6.86. The molecule has 0 bridgehead atoms. The summed E-state index contributed by atoms with van der Waals surface area (Å²) in [6, 6.07) is 3.53. The Labute approximate surface area is 105 Å². The molecule has 0 aliphatic carbocycles. The summed E-state index contributed by atoms with van der Waals surface area (Å²) in [6.07, 6.45) is 1.56. The number of hydrogen-bond donors (Lipinski definition) is 2. The summed E-state index contributed by atoms with van der Waals surface area (Å²) in [4.78, 5) is 11.3. The minimum absolute atomic E-state index is 0.0327. The fraction of sp³-hybridized carbons (Fsp3) is 0.308. The van der Waals surface area contributed by atoms with E-state index in [1.807, 2.05) is 0 Å². The summed E-state index contributed by atoms with van der Waals surface area (Å²) in [5.74, 6) is -2.00. The van der Waals surface area contributed by atoms with Crippen LogP contribution >= 0.6 is 0 Å². The lowest BCUT2D eigenvalue weighted by atomic mass is 10.1. The van der Waals surface area contributed by atoms with E-state index < -0.39 is 17.7 Å². The van der Waals surface area contributed by atoms with Gasteiger partial charge in [0.1, 0.15) is 0 Å². The molecule has 3 nitrogen and oxygen atoms in total. The van der Waals surface area contributed by atoms with Gasteiger partial charge in [0.15, 0.2) is 11.6 Å². The van der Waals surface area contributed by atoms with E-state index in [1.54, 1.807) is 13.0 Å². The largest absolute Gasteiger partial charge is 0.352 e. The molecule has 0 radical (unpaired) electrons. The van der Waals surface area contributed by atoms with Crippen molar-refractivity contribution in [3.63, 3.8) is 0 Å². The monoisotopic (exact) mass is 254 g/mol. The van der Waals surface area contributed by atoms with Gasteiger partial charge < -0.3 is 10.6 Å². The van der Waals surface area contributed by atoms with Gasteiger partial charge in [-0.1, -0.05) is 18.2 Å². The van der Waals surface area contributed by atoms with Crippen LogP contribution in [0.25, 0.3) is 0 Å². The first-order valence-electron chi connectivity index (χ1n) is 5.61. The first kappa shape index (κ1) is 14.3. The van der Waals surface area contributed by atoms with Crippen molar-refractivity contribution in [1.82, 2.24) is 10.6 Å². The maximum Gasteiger partial charge on any atom is 0.234 e. The predicted octanol–water partition coefficient (Wildman–Crippen LogP) is 1.92. The Bertz CT molecular complexity index is 435. The van der Waals surface area contributed by atoms with E-state index in [0.717, 1.165) is 6.07 Å². The molecule has 0 aliphatic heterocycles. The molecule has 18 heavy (non-hydrogen) atoms. The van der Waals surface area contributed by atoms with Gasteiger partial charge in [0, 0.05) is 18.2 Å². The van der Waals surface area contributed by atoms with Crippen molar-refractivity contribution in [1.29, 1.82) is 0 Å². The van der Waals surface area contributed by atoms with E-state index in [-0.39, 0.29) is 18.0 Å². The summed E-state index contributed by atoms with van der Waals surface area (Å²) in [7, 11) is 0. The van der Waals surface area contributed by atoms with Crippen molar-refractivity contribution >= 4 is 5.91 Å². The van der Waals surface area contributed by atoms with Gasteiger partial charge in [0.2, 0.25) is 5.91 Å². The van der Waals surface area contributed by atoms with Gasteiger partial charge in [-0.05, 0) is 13.0 Å². The van der Waals surface area contributed by atoms with E-state index in [0.29, 0.717) is 6.54 Å². The molecule has 0 spiro atoms. The zero-order valence-electron chi connectivity index (χ0n) is 10.2. The molecule has 2 N–H and O–H groups in total. The molecule has 98 valence electrons. The third-order valence-corrected chi connectivity index (χ3v) is 2.46. The molecule has 1 amide bonds. The van der Waals surface area contributed by atoms with Crippen molar-refractivity contribution in [3.05, 3.63) is 48.1 Å². The molecule has 1 unspecified atom stereocenters. The van der Waals surface area contributed by atoms with Crippen LogP contribution in [-0.2, 0) is 4.79 Å². The Morgan fingerprint density at radius 2 is 2.22 bits per heavy atom. The van der Waals surface area contributed by atoms with Crippen LogP contribution in [0.2, 0.25) is 0 Å². The highest BCUT2D eigenvalue weighted by Gasteiger charge is 2.14. The first-order valence-corrected chi connectivity index (χ1v) is 5.61. The standard InChI is InChI=1S/C13H16F2N2O/c1-3-7-16-12(18)8-17-9(2)10-5-4-6-11(14)13(10)15/h3-6,9,17H,1,7-8H2,2H3,(H,16,18). The quantitative estimate of drug-likeness (QED) is 0.761. The number of rotatable bonds is 6. The van der Waals surface area contributed by atoms with Gasteiger partial charge in [-0.3, -0.25) is 4.79 Å². The molecule has 1 atom stereocenters. The average molecular weight is 254 g/mol. The van der Waals surface area contributed by atoms with E-state index >= 15 is 0 Å². The Kier molecular flexibility index (Phi) is 5.45. The molecule has 0 heterocycles. The van der Waals surface area contributed by atoms with Gasteiger partial charge in [-0.25, -0.2) is 8.78 Å². The van der Waals surface area contributed by atoms with Gasteiger partial charge >= 0.3 is 0 Å². The number of nitrogens with one attached hydrogen (secondary N) is 2. The van der Waals surface area contributed by atoms with Gasteiger partial charge in [0.25, 0.3) is 0 Å². The zero-order valence-corrected chi connectivity index (χ0v) is 10.2. The van der Waals surface area contributed by atoms with Crippen molar-refractivity contribution < 1.29 is 13.6 Å². The summed E-state index contributed by atoms with van der Waals surface area (Å²) < 4.78 is 26.5. The smallest absolute Gasteiger partial charge is 0.234 e. The summed E-state index contributed by atoms with van der Waals surface area (Å²) in [6.45, 7) is 5.55. The predicted molar refractivity (Wildman–Crippen MR) is 66.0 cm³/mol. The van der Waals surface area contributed by atoms with Crippen LogP contribution < -0.4 is 10.6 Å². The molecule has 0 saturated heterocycles. The number of amides is 1. The maximum absolute atomic E-state index is 13.5. The van der Waals surface area contributed by atoms with E-state index in [2.05, 4.69) is 17.2 Å². The molecule has 1 rings (SSSR count). The van der Waals surface area contributed by atoms with E-state index in [4.69, 9.17) is 0 Å². The van der Waals surface area contributed by atoms with Crippen molar-refractivity contribution in [2.45, 2.75) is 13.0 Å². The Morgan fingerprint density at radius 1 is 1.50 bits per heavy atom.